The van der Waals surface area contributed by atoms with E-state index in [1.807, 2.05) is 30.3 Å². The van der Waals surface area contributed by atoms with Gasteiger partial charge >= 0.3 is 5.69 Å². The van der Waals surface area contributed by atoms with Crippen molar-refractivity contribution in [2.45, 2.75) is 14.4 Å². The summed E-state index contributed by atoms with van der Waals surface area (Å²) in [5.74, 6) is -0.0181. The normalized spacial score (nSPS) is 11.5. The van der Waals surface area contributed by atoms with E-state index in [0.717, 1.165) is 27.5 Å². The minimum Gasteiger partial charge on any atom is -0.293 e. The van der Waals surface area contributed by atoms with Crippen molar-refractivity contribution >= 4 is 37.6 Å². The average Bonchev–Trinajstić information content (AvgIpc) is 3.10. The Morgan fingerprint density at radius 1 is 1.00 bits per heavy atom. The quantitative estimate of drug-likeness (QED) is 0.408. The van der Waals surface area contributed by atoms with Gasteiger partial charge in [-0.3, -0.25) is 23.8 Å². The Morgan fingerprint density at radius 2 is 1.76 bits per heavy atom. The molecule has 5 rings (SSSR count). The summed E-state index contributed by atoms with van der Waals surface area (Å²) in [5, 5.41) is 0.835. The van der Waals surface area contributed by atoms with Gasteiger partial charge in [-0.05, 0) is 55.0 Å². The van der Waals surface area contributed by atoms with Gasteiger partial charge in [0.25, 0.3) is 0 Å². The van der Waals surface area contributed by atoms with Crippen LogP contribution in [-0.4, -0.2) is 33.3 Å². The summed E-state index contributed by atoms with van der Waals surface area (Å²) in [5.41, 5.74) is 5.00. The molecule has 1 N–H and O–H groups in total. The summed E-state index contributed by atoms with van der Waals surface area (Å²) in [6, 6.07) is 16.6. The third kappa shape index (κ3) is 3.94. The molecule has 0 spiro atoms. The molecule has 9 heteroatoms. The summed E-state index contributed by atoms with van der Waals surface area (Å²) in [6.45, 7) is 1.57. The molecule has 2 aromatic carbocycles. The number of rotatable bonds is 5. The molecule has 0 fully saturated rings. The summed E-state index contributed by atoms with van der Waals surface area (Å²) in [4.78, 5) is 22.0. The highest BCUT2D eigenvalue weighted by Gasteiger charge is 2.17. The number of anilines is 1. The van der Waals surface area contributed by atoms with E-state index < -0.39 is 10.0 Å². The van der Waals surface area contributed by atoms with E-state index in [4.69, 9.17) is 0 Å². The maximum absolute atomic E-state index is 13.2. The van der Waals surface area contributed by atoms with E-state index in [-0.39, 0.29) is 18.9 Å². The summed E-state index contributed by atoms with van der Waals surface area (Å²) in [7, 11) is -1.67. The Hall–Kier alpha value is -3.98. The minimum atomic E-state index is -3.38. The Balaban J connectivity index is 0.00000274. The highest BCUT2D eigenvalue weighted by Crippen LogP contribution is 2.29. The highest BCUT2D eigenvalue weighted by atomic mass is 32.2. The predicted octanol–water partition coefficient (Wildman–Crippen LogP) is 4.34. The third-order valence-electron chi connectivity index (χ3n) is 5.66. The summed E-state index contributed by atoms with van der Waals surface area (Å²) < 4.78 is 29.5. The fourth-order valence-corrected chi connectivity index (χ4v) is 4.52. The molecule has 0 unspecified atom stereocenters. The third-order valence-corrected chi connectivity index (χ3v) is 6.96. The van der Waals surface area contributed by atoms with Crippen LogP contribution in [0.5, 0.6) is 0 Å². The smallest absolute Gasteiger partial charge is 0.293 e. The summed E-state index contributed by atoms with van der Waals surface area (Å²) >= 11 is 0. The average molecular weight is 476 g/mol. The second-order valence-electron chi connectivity index (χ2n) is 7.70. The molecule has 8 nitrogen and oxygen atoms in total. The fourth-order valence-electron chi connectivity index (χ4n) is 3.88. The maximum atomic E-state index is 13.2. The van der Waals surface area contributed by atoms with E-state index in [0.29, 0.717) is 16.9 Å². The number of benzene rings is 2. The second kappa shape index (κ2) is 8.75. The highest BCUT2D eigenvalue weighted by molar-refractivity contribution is 7.92. The Bertz CT molecular complexity index is 1660. The molecule has 0 saturated heterocycles. The Kier molecular flexibility index (Phi) is 5.97. The van der Waals surface area contributed by atoms with Crippen molar-refractivity contribution in [3.63, 3.8) is 0 Å². The zero-order chi connectivity index (χ0) is 23.2. The standard InChI is InChI=1S/C24H21N5O3S.CH4/c1-3-33(31,32)27-18-7-9-19(10-8-18)29-23-20-13-16(17-5-4-12-25-14-17)6-11-21(20)26-15-22(23)28(2)24(29)30;/h4-15,27H,3H2,1-2H3;1H4. The van der Waals surface area contributed by atoms with Crippen LogP contribution in [0.3, 0.4) is 0 Å². The van der Waals surface area contributed by atoms with E-state index in [2.05, 4.69) is 14.7 Å². The van der Waals surface area contributed by atoms with Crippen molar-refractivity contribution in [3.8, 4) is 16.8 Å². The van der Waals surface area contributed by atoms with Crippen LogP contribution in [0.2, 0.25) is 0 Å². The van der Waals surface area contributed by atoms with Gasteiger partial charge in [0.2, 0.25) is 10.0 Å². The van der Waals surface area contributed by atoms with Gasteiger partial charge in [0, 0.05) is 36.1 Å². The number of fused-ring (bicyclic) bond motifs is 3. The molecular formula is C25H25N5O3S. The Morgan fingerprint density at radius 3 is 2.44 bits per heavy atom. The number of sulfonamides is 1. The first-order valence-corrected chi connectivity index (χ1v) is 12.0. The molecule has 5 aromatic rings. The van der Waals surface area contributed by atoms with Crippen molar-refractivity contribution in [3.05, 3.63) is 83.7 Å². The number of nitrogens with zero attached hydrogens (tertiary/aromatic N) is 4. The molecule has 34 heavy (non-hydrogen) atoms. The van der Waals surface area contributed by atoms with Gasteiger partial charge in [-0.25, -0.2) is 13.2 Å². The number of imidazole rings is 1. The van der Waals surface area contributed by atoms with Crippen molar-refractivity contribution in [1.29, 1.82) is 0 Å². The van der Waals surface area contributed by atoms with Crippen LogP contribution in [0.15, 0.2) is 78.0 Å². The van der Waals surface area contributed by atoms with Gasteiger partial charge in [0.05, 0.1) is 34.2 Å². The van der Waals surface area contributed by atoms with Crippen LogP contribution < -0.4 is 10.4 Å². The lowest BCUT2D eigenvalue weighted by Crippen LogP contribution is -2.21. The van der Waals surface area contributed by atoms with Gasteiger partial charge < -0.3 is 0 Å². The van der Waals surface area contributed by atoms with Crippen LogP contribution in [-0.2, 0) is 17.1 Å². The zero-order valence-corrected chi connectivity index (χ0v) is 18.9. The Labute approximate surface area is 197 Å². The minimum absolute atomic E-state index is 0. The molecule has 0 radical (unpaired) electrons. The van der Waals surface area contributed by atoms with Gasteiger partial charge in [-0.1, -0.05) is 19.6 Å². The molecule has 0 bridgehead atoms. The first-order valence-electron chi connectivity index (χ1n) is 10.4. The number of aryl methyl sites for hydroxylation is 1. The first-order chi connectivity index (χ1) is 15.9. The molecule has 174 valence electrons. The molecule has 3 aromatic heterocycles. The monoisotopic (exact) mass is 475 g/mol. The predicted molar refractivity (Wildman–Crippen MR) is 137 cm³/mol. The molecule has 0 amide bonds. The zero-order valence-electron chi connectivity index (χ0n) is 18.1. The molecule has 0 saturated carbocycles. The molecule has 0 aliphatic rings. The fraction of sp³-hybridized carbons (Fsp3) is 0.160. The molecular weight excluding hydrogens is 450 g/mol. The lowest BCUT2D eigenvalue weighted by Gasteiger charge is -2.10. The van der Waals surface area contributed by atoms with Gasteiger partial charge in [0.1, 0.15) is 0 Å². The van der Waals surface area contributed by atoms with Gasteiger partial charge in [0.15, 0.2) is 0 Å². The number of nitrogens with one attached hydrogen (secondary N) is 1. The van der Waals surface area contributed by atoms with Crippen molar-refractivity contribution in [2.75, 3.05) is 10.5 Å². The number of aromatic nitrogens is 4. The van der Waals surface area contributed by atoms with E-state index in [1.165, 1.54) is 0 Å². The lowest BCUT2D eigenvalue weighted by atomic mass is 10.0. The van der Waals surface area contributed by atoms with E-state index >= 15 is 0 Å². The van der Waals surface area contributed by atoms with Crippen LogP contribution in [0, 0.1) is 0 Å². The second-order valence-corrected chi connectivity index (χ2v) is 9.71. The van der Waals surface area contributed by atoms with Gasteiger partial charge in [-0.15, -0.1) is 0 Å². The lowest BCUT2D eigenvalue weighted by molar-refractivity contribution is 0.602. The molecule has 3 heterocycles. The summed E-state index contributed by atoms with van der Waals surface area (Å²) in [6.07, 6.45) is 5.22. The van der Waals surface area contributed by atoms with Crippen LogP contribution >= 0.6 is 0 Å². The van der Waals surface area contributed by atoms with Crippen molar-refractivity contribution < 1.29 is 8.42 Å². The van der Waals surface area contributed by atoms with Crippen LogP contribution in [0.4, 0.5) is 5.69 Å². The maximum Gasteiger partial charge on any atom is 0.333 e. The van der Waals surface area contributed by atoms with Crippen LogP contribution in [0.25, 0.3) is 38.8 Å². The first kappa shape index (κ1) is 23.2. The largest absolute Gasteiger partial charge is 0.333 e. The SMILES string of the molecule is C.CCS(=O)(=O)Nc1ccc(-n2c(=O)n(C)c3cnc4ccc(-c5cccnc5)cc4c32)cc1. The number of hydrogen-bond acceptors (Lipinski definition) is 5. The van der Waals surface area contributed by atoms with Crippen molar-refractivity contribution in [2.24, 2.45) is 7.05 Å². The van der Waals surface area contributed by atoms with Gasteiger partial charge in [-0.2, -0.15) is 0 Å². The topological polar surface area (TPSA) is 98.9 Å². The number of pyridine rings is 2. The van der Waals surface area contributed by atoms with E-state index in [9.17, 15) is 13.2 Å². The van der Waals surface area contributed by atoms with E-state index in [1.54, 1.807) is 66.0 Å². The molecule has 0 aliphatic carbocycles. The van der Waals surface area contributed by atoms with Crippen LogP contribution in [0.1, 0.15) is 14.4 Å². The molecule has 0 aliphatic heterocycles. The molecule has 0 atom stereocenters. The van der Waals surface area contributed by atoms with Crippen molar-refractivity contribution in [1.82, 2.24) is 19.1 Å². The number of hydrogen-bond donors (Lipinski definition) is 1.